The third-order valence-corrected chi connectivity index (χ3v) is 4.88. The SMILES string of the molecule is Cc1nc2cc(C(=O)NC3(C(=O)O)CCOC3)ccc2n1-c1ccccc1. The second-order valence-electron chi connectivity index (χ2n) is 6.68. The van der Waals surface area contributed by atoms with Crippen molar-refractivity contribution in [2.75, 3.05) is 13.2 Å². The van der Waals surface area contributed by atoms with Gasteiger partial charge >= 0.3 is 5.97 Å². The van der Waals surface area contributed by atoms with Crippen LogP contribution in [-0.4, -0.2) is 45.3 Å². The summed E-state index contributed by atoms with van der Waals surface area (Å²) in [6, 6.07) is 15.0. The fourth-order valence-corrected chi connectivity index (χ4v) is 3.42. The monoisotopic (exact) mass is 365 g/mol. The number of rotatable bonds is 4. The number of hydrogen-bond donors (Lipinski definition) is 2. The van der Waals surface area contributed by atoms with E-state index < -0.39 is 17.4 Å². The van der Waals surface area contributed by atoms with E-state index >= 15 is 0 Å². The van der Waals surface area contributed by atoms with E-state index in [1.165, 1.54) is 0 Å². The molecule has 1 aromatic heterocycles. The lowest BCUT2D eigenvalue weighted by atomic mass is 9.98. The first-order valence-corrected chi connectivity index (χ1v) is 8.68. The molecule has 0 saturated carbocycles. The summed E-state index contributed by atoms with van der Waals surface area (Å²) >= 11 is 0. The van der Waals surface area contributed by atoms with Crippen molar-refractivity contribution in [1.82, 2.24) is 14.9 Å². The summed E-state index contributed by atoms with van der Waals surface area (Å²) in [7, 11) is 0. The number of aliphatic carboxylic acids is 1. The van der Waals surface area contributed by atoms with Crippen LogP contribution < -0.4 is 5.32 Å². The van der Waals surface area contributed by atoms with Gasteiger partial charge in [0.2, 0.25) is 0 Å². The van der Waals surface area contributed by atoms with Gasteiger partial charge in [-0.2, -0.15) is 0 Å². The molecule has 0 bridgehead atoms. The lowest BCUT2D eigenvalue weighted by Crippen LogP contribution is -2.55. The predicted molar refractivity (Wildman–Crippen MR) is 99.1 cm³/mol. The van der Waals surface area contributed by atoms with Gasteiger partial charge in [0.15, 0.2) is 5.54 Å². The molecule has 0 aliphatic carbocycles. The number of nitrogens with one attached hydrogen (secondary N) is 1. The summed E-state index contributed by atoms with van der Waals surface area (Å²) in [5.74, 6) is -0.727. The first-order chi connectivity index (χ1) is 13.0. The Labute approximate surface area is 155 Å². The number of para-hydroxylation sites is 1. The number of aromatic nitrogens is 2. The summed E-state index contributed by atoms with van der Waals surface area (Å²) in [5.41, 5.74) is 1.55. The minimum Gasteiger partial charge on any atom is -0.479 e. The fraction of sp³-hybridized carbons (Fsp3) is 0.250. The zero-order valence-electron chi connectivity index (χ0n) is 14.8. The van der Waals surface area contributed by atoms with Crippen LogP contribution in [0.5, 0.6) is 0 Å². The highest BCUT2D eigenvalue weighted by Crippen LogP contribution is 2.24. The van der Waals surface area contributed by atoms with Gasteiger partial charge in [0.25, 0.3) is 5.91 Å². The number of ether oxygens (including phenoxy) is 1. The zero-order valence-corrected chi connectivity index (χ0v) is 14.8. The van der Waals surface area contributed by atoms with Gasteiger partial charge in [-0.25, -0.2) is 9.78 Å². The van der Waals surface area contributed by atoms with E-state index in [4.69, 9.17) is 4.74 Å². The van der Waals surface area contributed by atoms with Crippen molar-refractivity contribution < 1.29 is 19.4 Å². The summed E-state index contributed by atoms with van der Waals surface area (Å²) in [6.07, 6.45) is 0.248. The Kier molecular flexibility index (Phi) is 4.16. The maximum absolute atomic E-state index is 12.7. The molecule has 0 spiro atoms. The second kappa shape index (κ2) is 6.51. The summed E-state index contributed by atoms with van der Waals surface area (Å²) in [6.45, 7) is 2.19. The number of nitrogens with zero attached hydrogens (tertiary/aromatic N) is 2. The molecule has 1 aliphatic heterocycles. The molecule has 7 nitrogen and oxygen atoms in total. The number of carbonyl (C=O) groups excluding carboxylic acids is 1. The number of amides is 1. The first kappa shape index (κ1) is 17.2. The predicted octanol–water partition coefficient (Wildman–Crippen LogP) is 2.31. The average molecular weight is 365 g/mol. The number of carboxylic acids is 1. The van der Waals surface area contributed by atoms with E-state index in [1.807, 2.05) is 47.9 Å². The molecule has 3 aromatic rings. The van der Waals surface area contributed by atoms with E-state index in [2.05, 4.69) is 10.3 Å². The minimum atomic E-state index is -1.37. The van der Waals surface area contributed by atoms with Crippen molar-refractivity contribution in [3.63, 3.8) is 0 Å². The number of benzene rings is 2. The second-order valence-corrected chi connectivity index (χ2v) is 6.68. The Balaban J connectivity index is 1.68. The molecule has 138 valence electrons. The fourth-order valence-electron chi connectivity index (χ4n) is 3.42. The van der Waals surface area contributed by atoms with Crippen LogP contribution in [0.15, 0.2) is 48.5 Å². The van der Waals surface area contributed by atoms with Crippen LogP contribution in [0, 0.1) is 6.92 Å². The quantitative estimate of drug-likeness (QED) is 0.740. The van der Waals surface area contributed by atoms with Gasteiger partial charge in [0.05, 0.1) is 17.6 Å². The number of hydrogen-bond acceptors (Lipinski definition) is 4. The molecular weight excluding hydrogens is 346 g/mol. The van der Waals surface area contributed by atoms with E-state index in [-0.39, 0.29) is 13.0 Å². The Bertz CT molecular complexity index is 1020. The van der Waals surface area contributed by atoms with Crippen LogP contribution in [0.4, 0.5) is 0 Å². The third kappa shape index (κ3) is 2.96. The zero-order chi connectivity index (χ0) is 19.0. The van der Waals surface area contributed by atoms with Gasteiger partial charge in [0, 0.05) is 24.3 Å². The number of carbonyl (C=O) groups is 2. The van der Waals surface area contributed by atoms with Crippen molar-refractivity contribution in [1.29, 1.82) is 0 Å². The van der Waals surface area contributed by atoms with Gasteiger partial charge in [-0.3, -0.25) is 9.36 Å². The highest BCUT2D eigenvalue weighted by Gasteiger charge is 2.44. The molecule has 1 saturated heterocycles. The largest absolute Gasteiger partial charge is 0.479 e. The molecular formula is C20H19N3O4. The lowest BCUT2D eigenvalue weighted by Gasteiger charge is -2.23. The normalized spacial score (nSPS) is 19.3. The Morgan fingerprint density at radius 2 is 2.00 bits per heavy atom. The molecule has 0 radical (unpaired) electrons. The molecule has 2 heterocycles. The molecule has 7 heteroatoms. The van der Waals surface area contributed by atoms with Crippen molar-refractivity contribution >= 4 is 22.9 Å². The number of fused-ring (bicyclic) bond motifs is 1. The maximum Gasteiger partial charge on any atom is 0.331 e. The van der Waals surface area contributed by atoms with E-state index in [1.54, 1.807) is 12.1 Å². The van der Waals surface area contributed by atoms with Crippen LogP contribution in [0.2, 0.25) is 0 Å². The molecule has 1 amide bonds. The maximum atomic E-state index is 12.7. The van der Waals surface area contributed by atoms with Crippen molar-refractivity contribution in [3.05, 3.63) is 59.9 Å². The molecule has 1 aliphatic rings. The highest BCUT2D eigenvalue weighted by molar-refractivity contribution is 6.00. The molecule has 27 heavy (non-hydrogen) atoms. The first-order valence-electron chi connectivity index (χ1n) is 8.68. The Morgan fingerprint density at radius 1 is 1.22 bits per heavy atom. The van der Waals surface area contributed by atoms with Crippen LogP contribution in [0.1, 0.15) is 22.6 Å². The smallest absolute Gasteiger partial charge is 0.331 e. The molecule has 1 atom stereocenters. The lowest BCUT2D eigenvalue weighted by molar-refractivity contribution is -0.144. The molecule has 2 aromatic carbocycles. The van der Waals surface area contributed by atoms with Gasteiger partial charge < -0.3 is 15.2 Å². The van der Waals surface area contributed by atoms with Crippen molar-refractivity contribution in [3.8, 4) is 5.69 Å². The topological polar surface area (TPSA) is 93.5 Å². The number of imidazole rings is 1. The standard InChI is InChI=1S/C20H19N3O4/c1-13-21-16-11-14(18(24)22-20(19(25)26)9-10-27-12-20)7-8-17(16)23(13)15-5-3-2-4-6-15/h2-8,11H,9-10,12H2,1H3,(H,22,24)(H,25,26). The van der Waals surface area contributed by atoms with Crippen LogP contribution >= 0.6 is 0 Å². The van der Waals surface area contributed by atoms with E-state index in [9.17, 15) is 14.7 Å². The van der Waals surface area contributed by atoms with Gasteiger partial charge in [-0.05, 0) is 37.3 Å². The Hall–Kier alpha value is -3.19. The van der Waals surface area contributed by atoms with Gasteiger partial charge in [-0.15, -0.1) is 0 Å². The third-order valence-electron chi connectivity index (χ3n) is 4.88. The van der Waals surface area contributed by atoms with Gasteiger partial charge in [-0.1, -0.05) is 18.2 Å². The molecule has 1 unspecified atom stereocenters. The van der Waals surface area contributed by atoms with E-state index in [0.29, 0.717) is 17.7 Å². The van der Waals surface area contributed by atoms with Crippen molar-refractivity contribution in [2.45, 2.75) is 18.9 Å². The molecule has 4 rings (SSSR count). The summed E-state index contributed by atoms with van der Waals surface area (Å²) < 4.78 is 7.20. The van der Waals surface area contributed by atoms with E-state index in [0.717, 1.165) is 17.0 Å². The molecule has 2 N–H and O–H groups in total. The summed E-state index contributed by atoms with van der Waals surface area (Å²) in [4.78, 5) is 28.8. The Morgan fingerprint density at radius 3 is 2.67 bits per heavy atom. The van der Waals surface area contributed by atoms with Crippen LogP contribution in [0.3, 0.4) is 0 Å². The number of carboxylic acid groups (broad SMARTS) is 1. The van der Waals surface area contributed by atoms with Gasteiger partial charge in [0.1, 0.15) is 5.82 Å². The minimum absolute atomic E-state index is 0.0297. The van der Waals surface area contributed by atoms with Crippen LogP contribution in [-0.2, 0) is 9.53 Å². The van der Waals surface area contributed by atoms with Crippen LogP contribution in [0.25, 0.3) is 16.7 Å². The average Bonchev–Trinajstić information content (AvgIpc) is 3.26. The highest BCUT2D eigenvalue weighted by atomic mass is 16.5. The summed E-state index contributed by atoms with van der Waals surface area (Å²) in [5, 5.41) is 12.1. The number of aryl methyl sites for hydroxylation is 1. The molecule has 1 fully saturated rings. The van der Waals surface area contributed by atoms with Crippen molar-refractivity contribution in [2.24, 2.45) is 0 Å².